The molecular formula is C14H29ClN2O2. The minimum atomic E-state index is 0. The lowest BCUT2D eigenvalue weighted by Crippen LogP contribution is -2.36. The van der Waals surface area contributed by atoms with E-state index in [0.29, 0.717) is 12.0 Å². The molecule has 0 aromatic rings. The van der Waals surface area contributed by atoms with Crippen LogP contribution in [0.2, 0.25) is 0 Å². The first-order valence-corrected chi connectivity index (χ1v) is 7.22. The molecule has 5 heteroatoms. The van der Waals surface area contributed by atoms with E-state index in [1.54, 1.807) is 7.11 Å². The molecule has 19 heavy (non-hydrogen) atoms. The molecule has 2 aliphatic rings. The largest absolute Gasteiger partial charge is 0.382 e. The van der Waals surface area contributed by atoms with Crippen LogP contribution < -0.4 is 5.32 Å². The molecule has 0 radical (unpaired) electrons. The summed E-state index contributed by atoms with van der Waals surface area (Å²) >= 11 is 0. The molecule has 0 spiro atoms. The number of nitrogens with zero attached hydrogens (tertiary/aromatic N) is 1. The quantitative estimate of drug-likeness (QED) is 0.719. The summed E-state index contributed by atoms with van der Waals surface area (Å²) in [5.41, 5.74) is 0.492. The molecule has 0 saturated carbocycles. The predicted molar refractivity (Wildman–Crippen MR) is 80.1 cm³/mol. The summed E-state index contributed by atoms with van der Waals surface area (Å²) in [7, 11) is 1.72. The number of hydrogen-bond acceptors (Lipinski definition) is 4. The fourth-order valence-corrected chi connectivity index (χ4v) is 3.13. The Kier molecular flexibility index (Phi) is 7.62. The average molecular weight is 293 g/mol. The van der Waals surface area contributed by atoms with Gasteiger partial charge in [-0.1, -0.05) is 6.92 Å². The number of rotatable bonds is 7. The van der Waals surface area contributed by atoms with E-state index in [0.717, 1.165) is 19.1 Å². The molecule has 2 saturated heterocycles. The van der Waals surface area contributed by atoms with Crippen molar-refractivity contribution < 1.29 is 9.47 Å². The lowest BCUT2D eigenvalue weighted by Gasteiger charge is -2.29. The average Bonchev–Trinajstić information content (AvgIpc) is 2.95. The first-order chi connectivity index (χ1) is 8.72. The van der Waals surface area contributed by atoms with Gasteiger partial charge in [-0.25, -0.2) is 0 Å². The van der Waals surface area contributed by atoms with Gasteiger partial charge >= 0.3 is 0 Å². The lowest BCUT2D eigenvalue weighted by molar-refractivity contribution is 0.0518. The molecule has 0 aromatic carbocycles. The molecule has 4 nitrogen and oxygen atoms in total. The number of methoxy groups -OCH3 is 1. The van der Waals surface area contributed by atoms with Gasteiger partial charge < -0.3 is 19.7 Å². The van der Waals surface area contributed by atoms with Crippen molar-refractivity contribution in [3.05, 3.63) is 0 Å². The smallest absolute Gasteiger partial charge is 0.0700 e. The Hall–Kier alpha value is 0.130. The van der Waals surface area contributed by atoms with Crippen LogP contribution in [0.3, 0.4) is 0 Å². The lowest BCUT2D eigenvalue weighted by atomic mass is 9.89. The standard InChI is InChI=1S/C14H28N2O2.ClH/c1-14(4-5-15-11-14)12-16-6-3-13(9-16)10-18-8-7-17-2;/h13,15H,3-12H2,1-2H3;1H. The van der Waals surface area contributed by atoms with Crippen molar-refractivity contribution in [2.45, 2.75) is 19.8 Å². The van der Waals surface area contributed by atoms with Crippen molar-refractivity contribution in [1.29, 1.82) is 0 Å². The maximum atomic E-state index is 5.64. The summed E-state index contributed by atoms with van der Waals surface area (Å²) in [5.74, 6) is 0.722. The Balaban J connectivity index is 0.00000180. The van der Waals surface area contributed by atoms with Gasteiger partial charge in [-0.2, -0.15) is 0 Å². The zero-order chi connectivity index (χ0) is 12.8. The minimum Gasteiger partial charge on any atom is -0.382 e. The molecule has 2 unspecified atom stereocenters. The van der Waals surface area contributed by atoms with Gasteiger partial charge in [-0.15, -0.1) is 12.4 Å². The van der Waals surface area contributed by atoms with E-state index in [1.165, 1.54) is 45.6 Å². The van der Waals surface area contributed by atoms with Crippen LogP contribution in [0.15, 0.2) is 0 Å². The van der Waals surface area contributed by atoms with Crippen LogP contribution in [-0.2, 0) is 9.47 Å². The summed E-state index contributed by atoms with van der Waals surface area (Å²) in [6.07, 6.45) is 2.61. The van der Waals surface area contributed by atoms with Gasteiger partial charge in [0.15, 0.2) is 0 Å². The number of hydrogen-bond donors (Lipinski definition) is 1. The highest BCUT2D eigenvalue weighted by molar-refractivity contribution is 5.85. The molecule has 2 rings (SSSR count). The fourth-order valence-electron chi connectivity index (χ4n) is 3.13. The van der Waals surface area contributed by atoms with Gasteiger partial charge in [0.2, 0.25) is 0 Å². The molecule has 2 atom stereocenters. The van der Waals surface area contributed by atoms with Crippen molar-refractivity contribution in [3.63, 3.8) is 0 Å². The number of ether oxygens (including phenoxy) is 2. The highest BCUT2D eigenvalue weighted by atomic mass is 35.5. The highest BCUT2D eigenvalue weighted by Gasteiger charge is 2.33. The second kappa shape index (κ2) is 8.42. The van der Waals surface area contributed by atoms with E-state index in [1.807, 2.05) is 0 Å². The van der Waals surface area contributed by atoms with E-state index in [9.17, 15) is 0 Å². The van der Waals surface area contributed by atoms with Crippen molar-refractivity contribution >= 4 is 12.4 Å². The number of halogens is 1. The molecule has 2 aliphatic heterocycles. The third-order valence-corrected chi connectivity index (χ3v) is 4.22. The number of nitrogens with one attached hydrogen (secondary N) is 1. The van der Waals surface area contributed by atoms with Crippen molar-refractivity contribution in [2.24, 2.45) is 11.3 Å². The second-order valence-electron chi connectivity index (χ2n) is 6.19. The van der Waals surface area contributed by atoms with Gasteiger partial charge in [-0.3, -0.25) is 0 Å². The summed E-state index contributed by atoms with van der Waals surface area (Å²) in [6, 6.07) is 0. The maximum absolute atomic E-state index is 5.64. The topological polar surface area (TPSA) is 33.7 Å². The van der Waals surface area contributed by atoms with Crippen LogP contribution in [0.1, 0.15) is 19.8 Å². The third-order valence-electron chi connectivity index (χ3n) is 4.22. The van der Waals surface area contributed by atoms with E-state index >= 15 is 0 Å². The Morgan fingerprint density at radius 2 is 2.21 bits per heavy atom. The van der Waals surface area contributed by atoms with E-state index in [4.69, 9.17) is 9.47 Å². The second-order valence-corrected chi connectivity index (χ2v) is 6.19. The van der Waals surface area contributed by atoms with Crippen LogP contribution in [0, 0.1) is 11.3 Å². The van der Waals surface area contributed by atoms with Crippen LogP contribution in [0.4, 0.5) is 0 Å². The Bertz CT molecular complexity index is 248. The van der Waals surface area contributed by atoms with Crippen LogP contribution >= 0.6 is 12.4 Å². The van der Waals surface area contributed by atoms with Crippen LogP contribution in [0.25, 0.3) is 0 Å². The van der Waals surface area contributed by atoms with E-state index < -0.39 is 0 Å². The third kappa shape index (κ3) is 5.56. The fraction of sp³-hybridized carbons (Fsp3) is 1.00. The van der Waals surface area contributed by atoms with Crippen LogP contribution in [-0.4, -0.2) is 64.6 Å². The highest BCUT2D eigenvalue weighted by Crippen LogP contribution is 2.28. The normalized spacial score (nSPS) is 31.6. The van der Waals surface area contributed by atoms with Gasteiger partial charge in [-0.05, 0) is 37.3 Å². The van der Waals surface area contributed by atoms with E-state index in [-0.39, 0.29) is 12.4 Å². The zero-order valence-electron chi connectivity index (χ0n) is 12.3. The Labute approximate surface area is 123 Å². The SMILES string of the molecule is COCCOCC1CCN(CC2(C)CCNC2)C1.Cl. The molecule has 0 aliphatic carbocycles. The molecule has 0 bridgehead atoms. The van der Waals surface area contributed by atoms with Gasteiger partial charge in [0, 0.05) is 26.7 Å². The molecular weight excluding hydrogens is 264 g/mol. The maximum Gasteiger partial charge on any atom is 0.0700 e. The van der Waals surface area contributed by atoms with E-state index in [2.05, 4.69) is 17.1 Å². The number of likely N-dealkylation sites (tertiary alicyclic amines) is 1. The summed E-state index contributed by atoms with van der Waals surface area (Å²) in [6.45, 7) is 10.8. The summed E-state index contributed by atoms with van der Waals surface area (Å²) in [4.78, 5) is 2.62. The Morgan fingerprint density at radius 3 is 2.89 bits per heavy atom. The molecule has 0 aromatic heterocycles. The van der Waals surface area contributed by atoms with Crippen molar-refractivity contribution in [2.75, 3.05) is 59.7 Å². The summed E-state index contributed by atoms with van der Waals surface area (Å²) < 4.78 is 10.6. The first-order valence-electron chi connectivity index (χ1n) is 7.22. The van der Waals surface area contributed by atoms with Gasteiger partial charge in [0.25, 0.3) is 0 Å². The van der Waals surface area contributed by atoms with Gasteiger partial charge in [0.1, 0.15) is 0 Å². The predicted octanol–water partition coefficient (Wildman–Crippen LogP) is 1.39. The molecule has 2 fully saturated rings. The minimum absolute atomic E-state index is 0. The van der Waals surface area contributed by atoms with Crippen LogP contribution in [0.5, 0.6) is 0 Å². The van der Waals surface area contributed by atoms with Gasteiger partial charge in [0.05, 0.1) is 19.8 Å². The van der Waals surface area contributed by atoms with Crippen molar-refractivity contribution in [3.8, 4) is 0 Å². The molecule has 114 valence electrons. The molecule has 2 heterocycles. The monoisotopic (exact) mass is 292 g/mol. The summed E-state index contributed by atoms with van der Waals surface area (Å²) in [5, 5.41) is 3.48. The van der Waals surface area contributed by atoms with Crippen molar-refractivity contribution in [1.82, 2.24) is 10.2 Å². The molecule has 1 N–H and O–H groups in total. The zero-order valence-corrected chi connectivity index (χ0v) is 13.1. The Morgan fingerprint density at radius 1 is 1.37 bits per heavy atom. The molecule has 0 amide bonds. The first kappa shape index (κ1) is 17.2.